The molecule has 1 atom stereocenters. The summed E-state index contributed by atoms with van der Waals surface area (Å²) in [4.78, 5) is 9.35. The van der Waals surface area contributed by atoms with Gasteiger partial charge in [-0.3, -0.25) is 4.84 Å². The summed E-state index contributed by atoms with van der Waals surface area (Å²) >= 11 is 5.84. The van der Waals surface area contributed by atoms with Crippen molar-refractivity contribution >= 4 is 11.6 Å². The molecule has 1 N–H and O–H groups in total. The van der Waals surface area contributed by atoms with Crippen LogP contribution in [0, 0.1) is 0 Å². The third-order valence-electron chi connectivity index (χ3n) is 2.21. The Bertz CT molecular complexity index is 328. The van der Waals surface area contributed by atoms with Gasteiger partial charge in [-0.25, -0.2) is 4.98 Å². The Morgan fingerprint density at radius 2 is 2.57 bits per heavy atom. The van der Waals surface area contributed by atoms with Crippen LogP contribution in [0.3, 0.4) is 0 Å². The van der Waals surface area contributed by atoms with E-state index in [2.05, 4.69) is 4.98 Å². The van der Waals surface area contributed by atoms with Crippen molar-refractivity contribution in [3.8, 4) is 0 Å². The summed E-state index contributed by atoms with van der Waals surface area (Å²) in [6.45, 7) is 1.42. The van der Waals surface area contributed by atoms with Gasteiger partial charge >= 0.3 is 0 Å². The van der Waals surface area contributed by atoms with Gasteiger partial charge in [-0.2, -0.15) is 5.06 Å². The second-order valence-corrected chi connectivity index (χ2v) is 3.72. The van der Waals surface area contributed by atoms with Gasteiger partial charge in [0, 0.05) is 7.05 Å². The Morgan fingerprint density at radius 3 is 3.07 bits per heavy atom. The molecule has 2 heterocycles. The lowest BCUT2D eigenvalue weighted by molar-refractivity contribution is -0.119. The second kappa shape index (κ2) is 3.86. The zero-order chi connectivity index (χ0) is 10.1. The smallest absolute Gasteiger partial charge is 0.128 e. The number of β-amino-alcohol motifs (C(OH)–C–C–N with tert-alkyl or cyclic N) is 1. The molecule has 0 saturated carbocycles. The first-order chi connectivity index (χ1) is 6.66. The largest absolute Gasteiger partial charge is 0.389 e. The van der Waals surface area contributed by atoms with E-state index in [1.165, 1.54) is 0 Å². The van der Waals surface area contributed by atoms with Gasteiger partial charge in [0.25, 0.3) is 0 Å². The van der Waals surface area contributed by atoms with Crippen LogP contribution in [0.2, 0.25) is 5.15 Å². The second-order valence-electron chi connectivity index (χ2n) is 3.33. The molecule has 14 heavy (non-hydrogen) atoms. The van der Waals surface area contributed by atoms with Crippen LogP contribution in [0.1, 0.15) is 5.82 Å². The Hall–Kier alpha value is -0.620. The number of aromatic nitrogens is 2. The topological polar surface area (TPSA) is 50.5 Å². The molecule has 1 aliphatic heterocycles. The van der Waals surface area contributed by atoms with Crippen molar-refractivity contribution in [3.05, 3.63) is 17.2 Å². The molecule has 2 rings (SSSR count). The zero-order valence-corrected chi connectivity index (χ0v) is 8.61. The number of hydrogen-bond acceptors (Lipinski definition) is 4. The molecule has 1 fully saturated rings. The van der Waals surface area contributed by atoms with E-state index in [1.54, 1.807) is 15.8 Å². The van der Waals surface area contributed by atoms with E-state index in [0.29, 0.717) is 24.8 Å². The minimum Gasteiger partial charge on any atom is -0.389 e. The minimum atomic E-state index is -0.397. The maximum absolute atomic E-state index is 9.23. The van der Waals surface area contributed by atoms with Gasteiger partial charge in [-0.15, -0.1) is 0 Å². The monoisotopic (exact) mass is 217 g/mol. The summed E-state index contributed by atoms with van der Waals surface area (Å²) in [5.41, 5.74) is 0. The fourth-order valence-electron chi connectivity index (χ4n) is 1.37. The van der Waals surface area contributed by atoms with Crippen LogP contribution in [-0.4, -0.2) is 39.0 Å². The molecule has 1 saturated heterocycles. The van der Waals surface area contributed by atoms with E-state index in [4.69, 9.17) is 16.4 Å². The van der Waals surface area contributed by atoms with Crippen molar-refractivity contribution in [2.24, 2.45) is 7.05 Å². The Balaban J connectivity index is 2.01. The number of imidazole rings is 1. The molecular weight excluding hydrogens is 206 g/mol. The molecule has 1 aliphatic rings. The summed E-state index contributed by atoms with van der Waals surface area (Å²) in [5.74, 6) is 0.823. The first-order valence-electron chi connectivity index (χ1n) is 4.39. The number of hydroxylamine groups is 2. The Labute approximate surface area is 86.8 Å². The highest BCUT2D eigenvalue weighted by atomic mass is 35.5. The lowest BCUT2D eigenvalue weighted by Crippen LogP contribution is -2.22. The van der Waals surface area contributed by atoms with E-state index < -0.39 is 6.10 Å². The number of aliphatic hydroxyl groups excluding tert-OH is 1. The molecule has 6 heteroatoms. The molecule has 0 amide bonds. The van der Waals surface area contributed by atoms with Crippen LogP contribution in [0.25, 0.3) is 0 Å². The predicted octanol–water partition coefficient (Wildman–Crippen LogP) is 0.182. The Kier molecular flexibility index (Phi) is 2.73. The fourth-order valence-corrected chi connectivity index (χ4v) is 1.52. The third kappa shape index (κ3) is 1.90. The zero-order valence-electron chi connectivity index (χ0n) is 7.85. The number of halogens is 1. The van der Waals surface area contributed by atoms with Gasteiger partial charge in [-0.05, 0) is 0 Å². The molecule has 0 unspecified atom stereocenters. The van der Waals surface area contributed by atoms with Gasteiger partial charge < -0.3 is 9.67 Å². The average Bonchev–Trinajstić information content (AvgIpc) is 2.67. The van der Waals surface area contributed by atoms with Crippen molar-refractivity contribution in [1.29, 1.82) is 0 Å². The van der Waals surface area contributed by atoms with Crippen molar-refractivity contribution in [1.82, 2.24) is 14.6 Å². The number of aliphatic hydroxyl groups is 1. The molecule has 0 aliphatic carbocycles. The first-order valence-corrected chi connectivity index (χ1v) is 4.76. The standard InChI is InChI=1S/C8H12ClN3O2/c1-11-7(9)2-10-8(11)4-12-3-6(13)5-14-12/h2,6,13H,3-5H2,1H3/t6-/m1/s1. The molecule has 1 aromatic rings. The highest BCUT2D eigenvalue weighted by Gasteiger charge is 2.22. The van der Waals surface area contributed by atoms with Crippen molar-refractivity contribution in [2.75, 3.05) is 13.2 Å². The third-order valence-corrected chi connectivity index (χ3v) is 2.56. The van der Waals surface area contributed by atoms with Gasteiger partial charge in [0.15, 0.2) is 0 Å². The summed E-state index contributed by atoms with van der Waals surface area (Å²) in [6.07, 6.45) is 1.20. The molecule has 1 aromatic heterocycles. The van der Waals surface area contributed by atoms with Gasteiger partial charge in [0.1, 0.15) is 11.0 Å². The fraction of sp³-hybridized carbons (Fsp3) is 0.625. The lowest BCUT2D eigenvalue weighted by atomic mass is 10.4. The lowest BCUT2D eigenvalue weighted by Gasteiger charge is -2.12. The Morgan fingerprint density at radius 1 is 1.79 bits per heavy atom. The minimum absolute atomic E-state index is 0.359. The van der Waals surface area contributed by atoms with Crippen LogP contribution in [0.15, 0.2) is 6.20 Å². The molecular formula is C8H12ClN3O2. The normalized spacial score (nSPS) is 23.2. The van der Waals surface area contributed by atoms with Crippen molar-refractivity contribution in [2.45, 2.75) is 12.6 Å². The van der Waals surface area contributed by atoms with Crippen LogP contribution in [0.5, 0.6) is 0 Å². The maximum Gasteiger partial charge on any atom is 0.128 e. The van der Waals surface area contributed by atoms with Crippen LogP contribution in [0.4, 0.5) is 0 Å². The quantitative estimate of drug-likeness (QED) is 0.768. The van der Waals surface area contributed by atoms with E-state index in [0.717, 1.165) is 5.82 Å². The maximum atomic E-state index is 9.23. The molecule has 0 bridgehead atoms. The van der Waals surface area contributed by atoms with Crippen LogP contribution >= 0.6 is 11.6 Å². The first kappa shape index (κ1) is 9.92. The molecule has 0 aromatic carbocycles. The summed E-state index contributed by atoms with van der Waals surface area (Å²) in [6, 6.07) is 0. The number of hydrogen-bond donors (Lipinski definition) is 1. The van der Waals surface area contributed by atoms with E-state index >= 15 is 0 Å². The van der Waals surface area contributed by atoms with Crippen LogP contribution < -0.4 is 0 Å². The SMILES string of the molecule is Cn1c(Cl)cnc1CN1C[C@@H](O)CO1. The summed E-state index contributed by atoms with van der Waals surface area (Å²) in [5, 5.41) is 11.5. The summed E-state index contributed by atoms with van der Waals surface area (Å²) < 4.78 is 1.79. The predicted molar refractivity (Wildman–Crippen MR) is 50.6 cm³/mol. The van der Waals surface area contributed by atoms with Crippen molar-refractivity contribution in [3.63, 3.8) is 0 Å². The molecule has 78 valence electrons. The number of nitrogens with zero attached hydrogens (tertiary/aromatic N) is 3. The van der Waals surface area contributed by atoms with Gasteiger partial charge in [0.05, 0.1) is 32.0 Å². The summed E-state index contributed by atoms with van der Waals surface area (Å²) in [7, 11) is 1.84. The van der Waals surface area contributed by atoms with Crippen molar-refractivity contribution < 1.29 is 9.94 Å². The van der Waals surface area contributed by atoms with E-state index in [-0.39, 0.29) is 0 Å². The molecule has 5 nitrogen and oxygen atoms in total. The van der Waals surface area contributed by atoms with Gasteiger partial charge in [-0.1, -0.05) is 11.6 Å². The average molecular weight is 218 g/mol. The molecule has 0 spiro atoms. The highest BCUT2D eigenvalue weighted by Crippen LogP contribution is 2.13. The highest BCUT2D eigenvalue weighted by molar-refractivity contribution is 6.29. The van der Waals surface area contributed by atoms with Crippen LogP contribution in [-0.2, 0) is 18.4 Å². The van der Waals surface area contributed by atoms with E-state index in [9.17, 15) is 5.11 Å². The van der Waals surface area contributed by atoms with E-state index in [1.807, 2.05) is 7.05 Å². The van der Waals surface area contributed by atoms with Gasteiger partial charge in [0.2, 0.25) is 0 Å². The number of rotatable bonds is 2. The molecule has 0 radical (unpaired) electrons.